The first-order chi connectivity index (χ1) is 18.0. The van der Waals surface area contributed by atoms with Crippen LogP contribution in [0.2, 0.25) is 0 Å². The molecule has 1 N–H and O–H groups in total. The number of nitrogens with one attached hydrogen (secondary N) is 1. The summed E-state index contributed by atoms with van der Waals surface area (Å²) in [4.78, 5) is 6.66. The Labute approximate surface area is 213 Å². The van der Waals surface area contributed by atoms with E-state index in [2.05, 4.69) is 30.5 Å². The number of aromatic nitrogens is 5. The number of aryl methyl sites for hydroxylation is 2. The van der Waals surface area contributed by atoms with Gasteiger partial charge in [0.1, 0.15) is 5.82 Å². The Bertz CT molecular complexity index is 1290. The van der Waals surface area contributed by atoms with E-state index in [1.165, 1.54) is 0 Å². The van der Waals surface area contributed by atoms with Gasteiger partial charge in [-0.3, -0.25) is 0 Å². The average Bonchev–Trinajstić information content (AvgIpc) is 3.52. The van der Waals surface area contributed by atoms with Gasteiger partial charge in [-0.2, -0.15) is 31.3 Å². The molecule has 1 saturated carbocycles. The molecule has 4 heterocycles. The van der Waals surface area contributed by atoms with Crippen LogP contribution in [0, 0.1) is 18.8 Å². The lowest BCUT2D eigenvalue weighted by atomic mass is 9.88. The number of benzene rings is 1. The summed E-state index contributed by atoms with van der Waals surface area (Å²) >= 11 is 0. The van der Waals surface area contributed by atoms with Gasteiger partial charge in [-0.25, -0.2) is 4.68 Å². The van der Waals surface area contributed by atoms with Gasteiger partial charge in [0.2, 0.25) is 11.8 Å². The van der Waals surface area contributed by atoms with E-state index in [1.807, 2.05) is 0 Å². The van der Waals surface area contributed by atoms with Gasteiger partial charge in [0.25, 0.3) is 0 Å². The molecular formula is C24H25F6N7O. The third kappa shape index (κ3) is 4.57. The van der Waals surface area contributed by atoms with E-state index in [0.29, 0.717) is 43.1 Å². The Hall–Kier alpha value is -3.32. The predicted molar refractivity (Wildman–Crippen MR) is 122 cm³/mol. The van der Waals surface area contributed by atoms with Crippen molar-refractivity contribution in [1.82, 2.24) is 25.0 Å². The van der Waals surface area contributed by atoms with E-state index < -0.39 is 29.4 Å². The molecule has 4 atom stereocenters. The molecule has 2 aliphatic heterocycles. The normalized spacial score (nSPS) is 25.5. The second-order valence-electron chi connectivity index (χ2n) is 10.3. The first-order valence-electron chi connectivity index (χ1n) is 12.5. The van der Waals surface area contributed by atoms with Crippen LogP contribution in [0.15, 0.2) is 22.6 Å². The molecule has 8 nitrogen and oxygen atoms in total. The summed E-state index contributed by atoms with van der Waals surface area (Å²) in [7, 11) is 0. The maximum Gasteiger partial charge on any atom is 0.416 e. The summed E-state index contributed by atoms with van der Waals surface area (Å²) < 4.78 is 87.9. The maximum atomic E-state index is 13.5. The molecule has 1 aliphatic carbocycles. The van der Waals surface area contributed by atoms with E-state index in [-0.39, 0.29) is 29.5 Å². The topological polar surface area (TPSA) is 84.9 Å². The van der Waals surface area contributed by atoms with Gasteiger partial charge < -0.3 is 14.6 Å². The Kier molecular flexibility index (Phi) is 5.83. The highest BCUT2D eigenvalue weighted by Crippen LogP contribution is 2.42. The lowest BCUT2D eigenvalue weighted by Gasteiger charge is -2.37. The molecule has 14 heteroatoms. The molecule has 0 amide bonds. The van der Waals surface area contributed by atoms with Gasteiger partial charge in [0.05, 0.1) is 11.1 Å². The van der Waals surface area contributed by atoms with Crippen molar-refractivity contribution in [2.24, 2.45) is 11.8 Å². The van der Waals surface area contributed by atoms with Gasteiger partial charge in [-0.05, 0) is 61.3 Å². The Morgan fingerprint density at radius 2 is 1.58 bits per heavy atom. The molecule has 0 spiro atoms. The Morgan fingerprint density at radius 1 is 0.921 bits per heavy atom. The van der Waals surface area contributed by atoms with Crippen LogP contribution < -0.4 is 10.2 Å². The van der Waals surface area contributed by atoms with Crippen molar-refractivity contribution < 1.29 is 30.8 Å². The minimum atomic E-state index is -4.90. The van der Waals surface area contributed by atoms with Crippen LogP contribution in [-0.2, 0) is 18.9 Å². The van der Waals surface area contributed by atoms with Crippen LogP contribution in [0.1, 0.15) is 60.0 Å². The highest BCUT2D eigenvalue weighted by atomic mass is 19.4. The second-order valence-corrected chi connectivity index (χ2v) is 10.3. The quantitative estimate of drug-likeness (QED) is 0.451. The van der Waals surface area contributed by atoms with Crippen LogP contribution in [0.5, 0.6) is 0 Å². The molecule has 1 saturated heterocycles. The SMILES string of the molecule is Cc1nnc(N2C[C@H]3CC[C@@H](C2)[C@@H]3Nc2nc3n(n2)CCCC3c2cc(C(F)(F)F)cc(C(F)(F)F)c2)o1. The number of rotatable bonds is 4. The second kappa shape index (κ2) is 8.87. The van der Waals surface area contributed by atoms with Crippen molar-refractivity contribution in [1.29, 1.82) is 0 Å². The molecular weight excluding hydrogens is 516 g/mol. The highest BCUT2D eigenvalue weighted by Gasteiger charge is 2.44. The van der Waals surface area contributed by atoms with E-state index in [4.69, 9.17) is 4.42 Å². The first kappa shape index (κ1) is 25.0. The highest BCUT2D eigenvalue weighted by molar-refractivity contribution is 5.40. The third-order valence-electron chi connectivity index (χ3n) is 7.80. The minimum absolute atomic E-state index is 0.0599. The number of anilines is 2. The number of halogens is 6. The fourth-order valence-corrected chi connectivity index (χ4v) is 6.09. The third-order valence-corrected chi connectivity index (χ3v) is 7.80. The molecule has 1 unspecified atom stereocenters. The molecule has 3 aliphatic rings. The van der Waals surface area contributed by atoms with Crippen LogP contribution >= 0.6 is 0 Å². The van der Waals surface area contributed by atoms with Gasteiger partial charge in [-0.1, -0.05) is 5.10 Å². The van der Waals surface area contributed by atoms with Gasteiger partial charge in [-0.15, -0.1) is 10.2 Å². The number of fused-ring (bicyclic) bond motifs is 3. The van der Waals surface area contributed by atoms with Gasteiger partial charge in [0.15, 0.2) is 0 Å². The van der Waals surface area contributed by atoms with E-state index in [9.17, 15) is 26.3 Å². The average molecular weight is 542 g/mol. The van der Waals surface area contributed by atoms with Crippen LogP contribution in [0.3, 0.4) is 0 Å². The summed E-state index contributed by atoms with van der Waals surface area (Å²) in [6, 6.07) is 2.33. The Balaban J connectivity index is 1.25. The first-order valence-corrected chi connectivity index (χ1v) is 12.5. The molecule has 6 rings (SSSR count). The zero-order valence-corrected chi connectivity index (χ0v) is 20.4. The van der Waals surface area contributed by atoms with Crippen molar-refractivity contribution in [3.63, 3.8) is 0 Å². The van der Waals surface area contributed by atoms with Crippen LogP contribution in [0.4, 0.5) is 38.3 Å². The predicted octanol–water partition coefficient (Wildman–Crippen LogP) is 5.26. The zero-order chi connectivity index (χ0) is 26.8. The van der Waals surface area contributed by atoms with Crippen LogP contribution in [-0.4, -0.2) is 44.1 Å². The van der Waals surface area contributed by atoms with E-state index in [0.717, 1.165) is 38.1 Å². The summed E-state index contributed by atoms with van der Waals surface area (Å²) in [5, 5.41) is 16.0. The summed E-state index contributed by atoms with van der Waals surface area (Å²) in [6.07, 6.45) is -6.88. The molecule has 2 bridgehead atoms. The van der Waals surface area contributed by atoms with Crippen molar-refractivity contribution in [2.75, 3.05) is 23.3 Å². The van der Waals surface area contributed by atoms with E-state index in [1.54, 1.807) is 11.6 Å². The van der Waals surface area contributed by atoms with Crippen molar-refractivity contribution in [2.45, 2.75) is 63.5 Å². The largest absolute Gasteiger partial charge is 0.416 e. The van der Waals surface area contributed by atoms with E-state index >= 15 is 0 Å². The molecule has 204 valence electrons. The van der Waals surface area contributed by atoms with Gasteiger partial charge in [0, 0.05) is 38.5 Å². The summed E-state index contributed by atoms with van der Waals surface area (Å²) in [5.74, 6) is 1.04. The molecule has 0 radical (unpaired) electrons. The lowest BCUT2D eigenvalue weighted by Crippen LogP contribution is -2.48. The fraction of sp³-hybridized carbons (Fsp3) is 0.583. The number of piperidine rings is 1. The van der Waals surface area contributed by atoms with Crippen molar-refractivity contribution >= 4 is 12.0 Å². The molecule has 3 aromatic rings. The maximum absolute atomic E-state index is 13.5. The fourth-order valence-electron chi connectivity index (χ4n) is 6.09. The van der Waals surface area contributed by atoms with Crippen molar-refractivity contribution in [3.05, 3.63) is 46.6 Å². The van der Waals surface area contributed by atoms with Gasteiger partial charge >= 0.3 is 18.4 Å². The number of nitrogens with zero attached hydrogens (tertiary/aromatic N) is 6. The van der Waals surface area contributed by atoms with Crippen LogP contribution in [0.25, 0.3) is 0 Å². The standard InChI is InChI=1S/C24H25F6N7O/c1-12-33-34-22(38-12)36-10-13-4-5-14(11-36)19(13)31-21-32-20-18(3-2-6-37(20)35-21)15-7-16(23(25,26)27)9-17(8-15)24(28,29)30/h7-9,13-14,18-19H,2-6,10-11H2,1H3,(H,31,35)/t13-,14+,18?,19-. The summed E-state index contributed by atoms with van der Waals surface area (Å²) in [5.41, 5.74) is -2.70. The lowest BCUT2D eigenvalue weighted by molar-refractivity contribution is -0.143. The molecule has 38 heavy (non-hydrogen) atoms. The monoisotopic (exact) mass is 541 g/mol. The molecule has 1 aromatic carbocycles. The molecule has 2 aromatic heterocycles. The number of hydrogen-bond donors (Lipinski definition) is 1. The Morgan fingerprint density at radius 3 is 2.16 bits per heavy atom. The summed E-state index contributed by atoms with van der Waals surface area (Å²) in [6.45, 7) is 3.67. The smallest absolute Gasteiger partial charge is 0.408 e. The van der Waals surface area contributed by atoms with Crippen molar-refractivity contribution in [3.8, 4) is 0 Å². The molecule has 2 fully saturated rings. The minimum Gasteiger partial charge on any atom is -0.408 e. The zero-order valence-electron chi connectivity index (χ0n) is 20.4. The number of alkyl halides is 6. The number of hydrogen-bond acceptors (Lipinski definition) is 7.